The summed E-state index contributed by atoms with van der Waals surface area (Å²) in [7, 11) is 3.01. The Hall–Kier alpha value is -1.95. The molecular formula is C13H17ClN2O4. The summed E-state index contributed by atoms with van der Waals surface area (Å²) >= 11 is 5.98. The van der Waals surface area contributed by atoms with E-state index in [-0.39, 0.29) is 22.4 Å². The molecule has 0 saturated carbocycles. The van der Waals surface area contributed by atoms with E-state index in [9.17, 15) is 9.59 Å². The number of methoxy groups -OCH3 is 1. The number of anilines is 1. The molecule has 0 atom stereocenters. The summed E-state index contributed by atoms with van der Waals surface area (Å²) in [5, 5.41) is 11.8. The third kappa shape index (κ3) is 3.77. The SMILES string of the molecule is CCCN(C)C(=O)Nc1cc(OC)c(C(=O)O)cc1Cl. The Labute approximate surface area is 122 Å². The second-order valence-electron chi connectivity index (χ2n) is 4.19. The van der Waals surface area contributed by atoms with Gasteiger partial charge in [-0.3, -0.25) is 0 Å². The Morgan fingerprint density at radius 3 is 2.60 bits per heavy atom. The maximum absolute atomic E-state index is 11.9. The lowest BCUT2D eigenvalue weighted by Gasteiger charge is -2.18. The average Bonchev–Trinajstić information content (AvgIpc) is 2.40. The summed E-state index contributed by atoms with van der Waals surface area (Å²) in [5.41, 5.74) is 0.249. The topological polar surface area (TPSA) is 78.9 Å². The normalized spacial score (nSPS) is 10.0. The van der Waals surface area contributed by atoms with Crippen molar-refractivity contribution < 1.29 is 19.4 Å². The molecule has 2 amide bonds. The summed E-state index contributed by atoms with van der Waals surface area (Å²) in [6, 6.07) is 2.32. The molecule has 0 aromatic heterocycles. The number of nitrogens with one attached hydrogen (secondary N) is 1. The number of urea groups is 1. The zero-order valence-electron chi connectivity index (χ0n) is 11.6. The minimum atomic E-state index is -1.15. The van der Waals surface area contributed by atoms with Crippen LogP contribution in [0.2, 0.25) is 5.02 Å². The lowest BCUT2D eigenvalue weighted by molar-refractivity contribution is 0.0693. The number of hydrogen-bond acceptors (Lipinski definition) is 3. The highest BCUT2D eigenvalue weighted by Gasteiger charge is 2.17. The molecule has 20 heavy (non-hydrogen) atoms. The van der Waals surface area contributed by atoms with Crippen molar-refractivity contribution >= 4 is 29.3 Å². The van der Waals surface area contributed by atoms with Crippen molar-refractivity contribution in [1.29, 1.82) is 0 Å². The van der Waals surface area contributed by atoms with Crippen molar-refractivity contribution in [2.45, 2.75) is 13.3 Å². The van der Waals surface area contributed by atoms with E-state index in [1.54, 1.807) is 7.05 Å². The van der Waals surface area contributed by atoms with Crippen molar-refractivity contribution in [3.8, 4) is 5.75 Å². The molecule has 0 spiro atoms. The summed E-state index contributed by atoms with van der Waals surface area (Å²) in [4.78, 5) is 24.4. The van der Waals surface area contributed by atoms with Gasteiger partial charge in [-0.1, -0.05) is 18.5 Å². The Kier molecular flexibility index (Phi) is 5.64. The van der Waals surface area contributed by atoms with Gasteiger partial charge in [0, 0.05) is 19.7 Å². The molecule has 0 unspecified atom stereocenters. The summed E-state index contributed by atoms with van der Waals surface area (Å²) in [6.45, 7) is 2.56. The fourth-order valence-electron chi connectivity index (χ4n) is 1.63. The third-order valence-corrected chi connectivity index (χ3v) is 2.98. The quantitative estimate of drug-likeness (QED) is 0.876. The highest BCUT2D eigenvalue weighted by Crippen LogP contribution is 2.31. The predicted octanol–water partition coefficient (Wildman–Crippen LogP) is 2.92. The number of ether oxygens (including phenoxy) is 1. The highest BCUT2D eigenvalue weighted by atomic mass is 35.5. The van der Waals surface area contributed by atoms with Gasteiger partial charge in [0.1, 0.15) is 11.3 Å². The number of carbonyl (C=O) groups excluding carboxylic acids is 1. The first-order chi connectivity index (χ1) is 9.40. The molecule has 6 nitrogen and oxygen atoms in total. The standard InChI is InChI=1S/C13H17ClN2O4/c1-4-5-16(2)13(19)15-10-7-11(20-3)8(12(17)18)6-9(10)14/h6-7H,4-5H2,1-3H3,(H,15,19)(H,17,18). The smallest absolute Gasteiger partial charge is 0.339 e. The number of benzene rings is 1. The predicted molar refractivity (Wildman–Crippen MR) is 76.9 cm³/mol. The van der Waals surface area contributed by atoms with E-state index in [2.05, 4.69) is 5.32 Å². The molecule has 0 heterocycles. The average molecular weight is 301 g/mol. The van der Waals surface area contributed by atoms with Gasteiger partial charge < -0.3 is 20.1 Å². The minimum absolute atomic E-state index is 0.0580. The van der Waals surface area contributed by atoms with Gasteiger partial charge in [0.25, 0.3) is 0 Å². The maximum Gasteiger partial charge on any atom is 0.339 e. The highest BCUT2D eigenvalue weighted by molar-refractivity contribution is 6.34. The number of carbonyl (C=O) groups is 2. The van der Waals surface area contributed by atoms with Gasteiger partial charge >= 0.3 is 12.0 Å². The molecule has 0 aliphatic carbocycles. The van der Waals surface area contributed by atoms with Crippen LogP contribution in [-0.2, 0) is 0 Å². The fraction of sp³-hybridized carbons (Fsp3) is 0.385. The summed E-state index contributed by atoms with van der Waals surface area (Å²) in [5.74, 6) is -1.01. The first kappa shape index (κ1) is 16.1. The van der Waals surface area contributed by atoms with Gasteiger partial charge in [-0.25, -0.2) is 9.59 Å². The molecule has 1 aromatic carbocycles. The van der Waals surface area contributed by atoms with Crippen LogP contribution in [0, 0.1) is 0 Å². The van der Waals surface area contributed by atoms with Crippen molar-refractivity contribution in [3.05, 3.63) is 22.7 Å². The lowest BCUT2D eigenvalue weighted by atomic mass is 10.2. The van der Waals surface area contributed by atoms with Crippen LogP contribution < -0.4 is 10.1 Å². The second kappa shape index (κ2) is 7.00. The molecule has 7 heteroatoms. The van der Waals surface area contributed by atoms with Gasteiger partial charge in [0.2, 0.25) is 0 Å². The van der Waals surface area contributed by atoms with E-state index in [0.29, 0.717) is 12.2 Å². The van der Waals surface area contributed by atoms with Crippen LogP contribution in [0.15, 0.2) is 12.1 Å². The zero-order chi connectivity index (χ0) is 15.3. The van der Waals surface area contributed by atoms with Gasteiger partial charge in [0.15, 0.2) is 0 Å². The van der Waals surface area contributed by atoms with Crippen LogP contribution in [0.25, 0.3) is 0 Å². The molecule has 0 aliphatic heterocycles. The van der Waals surface area contributed by atoms with Crippen molar-refractivity contribution in [2.24, 2.45) is 0 Å². The van der Waals surface area contributed by atoms with Crippen LogP contribution >= 0.6 is 11.6 Å². The largest absolute Gasteiger partial charge is 0.496 e. The van der Waals surface area contributed by atoms with Gasteiger partial charge in [-0.2, -0.15) is 0 Å². The first-order valence-electron chi connectivity index (χ1n) is 6.03. The third-order valence-electron chi connectivity index (χ3n) is 2.67. The number of carboxylic acids is 1. The number of rotatable bonds is 5. The van der Waals surface area contributed by atoms with E-state index < -0.39 is 5.97 Å². The van der Waals surface area contributed by atoms with Crippen molar-refractivity contribution in [1.82, 2.24) is 4.90 Å². The molecule has 1 aromatic rings. The Morgan fingerprint density at radius 2 is 2.10 bits per heavy atom. The molecule has 2 N–H and O–H groups in total. The van der Waals surface area contributed by atoms with Crippen LogP contribution in [-0.4, -0.2) is 42.7 Å². The first-order valence-corrected chi connectivity index (χ1v) is 6.41. The number of amides is 2. The Morgan fingerprint density at radius 1 is 1.45 bits per heavy atom. The zero-order valence-corrected chi connectivity index (χ0v) is 12.3. The monoisotopic (exact) mass is 300 g/mol. The van der Waals surface area contributed by atoms with Gasteiger partial charge in [-0.15, -0.1) is 0 Å². The Bertz CT molecular complexity index is 519. The summed E-state index contributed by atoms with van der Waals surface area (Å²) in [6.07, 6.45) is 0.832. The van der Waals surface area contributed by atoms with E-state index in [1.807, 2.05) is 6.92 Å². The summed E-state index contributed by atoms with van der Waals surface area (Å²) < 4.78 is 4.99. The van der Waals surface area contributed by atoms with Crippen molar-refractivity contribution in [2.75, 3.05) is 26.0 Å². The van der Waals surface area contributed by atoms with Crippen LogP contribution in [0.3, 0.4) is 0 Å². The molecule has 110 valence electrons. The minimum Gasteiger partial charge on any atom is -0.496 e. The van der Waals surface area contributed by atoms with E-state index in [0.717, 1.165) is 6.42 Å². The molecule has 0 fully saturated rings. The van der Waals surface area contributed by atoms with Gasteiger partial charge in [-0.05, 0) is 12.5 Å². The molecular weight excluding hydrogens is 284 g/mol. The molecule has 0 aliphatic rings. The molecule has 0 radical (unpaired) electrons. The maximum atomic E-state index is 11.9. The number of aromatic carboxylic acids is 1. The van der Waals surface area contributed by atoms with E-state index in [1.165, 1.54) is 24.1 Å². The number of halogens is 1. The lowest BCUT2D eigenvalue weighted by Crippen LogP contribution is -2.32. The fourth-order valence-corrected chi connectivity index (χ4v) is 1.84. The van der Waals surface area contributed by atoms with Crippen molar-refractivity contribution in [3.63, 3.8) is 0 Å². The molecule has 0 saturated heterocycles. The van der Waals surface area contributed by atoms with Crippen LogP contribution in [0.4, 0.5) is 10.5 Å². The molecule has 0 bridgehead atoms. The number of carboxylic acid groups (broad SMARTS) is 1. The number of nitrogens with zero attached hydrogens (tertiary/aromatic N) is 1. The second-order valence-corrected chi connectivity index (χ2v) is 4.60. The molecule has 1 rings (SSSR count). The number of hydrogen-bond donors (Lipinski definition) is 2. The van der Waals surface area contributed by atoms with Crippen LogP contribution in [0.1, 0.15) is 23.7 Å². The van der Waals surface area contributed by atoms with E-state index in [4.69, 9.17) is 21.4 Å². The van der Waals surface area contributed by atoms with E-state index >= 15 is 0 Å². The van der Waals surface area contributed by atoms with Crippen LogP contribution in [0.5, 0.6) is 5.75 Å². The van der Waals surface area contributed by atoms with Gasteiger partial charge in [0.05, 0.1) is 17.8 Å². The Balaban J connectivity index is 3.02.